The Bertz CT molecular complexity index is 209. The van der Waals surface area contributed by atoms with Crippen LogP contribution in [0.1, 0.15) is 0 Å². The van der Waals surface area contributed by atoms with Crippen LogP contribution in [-0.4, -0.2) is 31.5 Å². The van der Waals surface area contributed by atoms with E-state index in [9.17, 15) is 4.79 Å². The zero-order valence-corrected chi connectivity index (χ0v) is 7.36. The Morgan fingerprint density at radius 1 is 1.69 bits per heavy atom. The maximum Gasteiger partial charge on any atom is 0.330 e. The van der Waals surface area contributed by atoms with Crippen molar-refractivity contribution in [2.24, 2.45) is 0 Å². The lowest BCUT2D eigenvalue weighted by Crippen LogP contribution is -2.37. The highest BCUT2D eigenvalue weighted by molar-refractivity contribution is 5.81. The third-order valence-electron chi connectivity index (χ3n) is 1.69. The van der Waals surface area contributed by atoms with Crippen LogP contribution in [0, 0.1) is 0 Å². The molecule has 1 heterocycles. The first-order chi connectivity index (χ1) is 6.27. The summed E-state index contributed by atoms with van der Waals surface area (Å²) < 4.78 is 10.2. The molecule has 0 aromatic carbocycles. The normalized spacial score (nSPS) is 23.5. The monoisotopic (exact) mass is 183 g/mol. The van der Waals surface area contributed by atoms with E-state index in [1.165, 1.54) is 6.08 Å². The van der Waals surface area contributed by atoms with E-state index < -0.39 is 12.1 Å². The van der Waals surface area contributed by atoms with Gasteiger partial charge in [0, 0.05) is 12.6 Å². The minimum atomic E-state index is -0.470. The molecule has 1 aliphatic heterocycles. The fraction of sp³-hybridized carbons (Fsp3) is 0.444. The molecule has 0 bridgehead atoms. The van der Waals surface area contributed by atoms with Crippen molar-refractivity contribution in [3.8, 4) is 0 Å². The van der Waals surface area contributed by atoms with Crippen molar-refractivity contribution in [3.63, 3.8) is 0 Å². The first-order valence-corrected chi connectivity index (χ1v) is 4.08. The van der Waals surface area contributed by atoms with Gasteiger partial charge in [0.25, 0.3) is 0 Å². The van der Waals surface area contributed by atoms with Crippen LogP contribution in [0.5, 0.6) is 0 Å². The molecule has 0 aromatic rings. The standard InChI is InChI=1S/C9H13NO3/c1-3-7(13-8(11)4-2)9-10-5-6-12-9/h3-4,7,9-10H,1-2,5-6H2. The van der Waals surface area contributed by atoms with Gasteiger partial charge in [-0.1, -0.05) is 13.2 Å². The number of hydrogen-bond donors (Lipinski definition) is 1. The van der Waals surface area contributed by atoms with E-state index in [4.69, 9.17) is 9.47 Å². The van der Waals surface area contributed by atoms with Crippen LogP contribution >= 0.6 is 0 Å². The van der Waals surface area contributed by atoms with Gasteiger partial charge in [0.05, 0.1) is 6.61 Å². The maximum absolute atomic E-state index is 10.9. The SMILES string of the molecule is C=CC(=O)OC(C=C)C1NCCO1. The van der Waals surface area contributed by atoms with E-state index >= 15 is 0 Å². The maximum atomic E-state index is 10.9. The minimum absolute atomic E-state index is 0.276. The summed E-state index contributed by atoms with van der Waals surface area (Å²) in [6, 6.07) is 0. The number of esters is 1. The molecule has 1 fully saturated rings. The first kappa shape index (κ1) is 9.95. The van der Waals surface area contributed by atoms with E-state index in [2.05, 4.69) is 18.5 Å². The molecule has 2 unspecified atom stereocenters. The van der Waals surface area contributed by atoms with Crippen molar-refractivity contribution in [2.75, 3.05) is 13.2 Å². The number of nitrogens with one attached hydrogen (secondary N) is 1. The van der Waals surface area contributed by atoms with Gasteiger partial charge < -0.3 is 9.47 Å². The fourth-order valence-corrected chi connectivity index (χ4v) is 1.07. The highest BCUT2D eigenvalue weighted by Gasteiger charge is 2.25. The van der Waals surface area contributed by atoms with Crippen molar-refractivity contribution in [1.29, 1.82) is 0 Å². The third kappa shape index (κ3) is 2.68. The lowest BCUT2D eigenvalue weighted by Gasteiger charge is -2.18. The summed E-state index contributed by atoms with van der Waals surface area (Å²) in [5.41, 5.74) is 0. The Hall–Kier alpha value is -1.13. The van der Waals surface area contributed by atoms with E-state index in [1.54, 1.807) is 0 Å². The molecule has 0 spiro atoms. The van der Waals surface area contributed by atoms with Crippen LogP contribution in [0.3, 0.4) is 0 Å². The second-order valence-electron chi connectivity index (χ2n) is 2.59. The van der Waals surface area contributed by atoms with Crippen molar-refractivity contribution in [2.45, 2.75) is 12.3 Å². The molecule has 4 heteroatoms. The molecule has 0 saturated carbocycles. The predicted octanol–water partition coefficient (Wildman–Crippen LogP) is 0.216. The van der Waals surface area contributed by atoms with Crippen molar-refractivity contribution in [1.82, 2.24) is 5.32 Å². The Balaban J connectivity index is 2.45. The average molecular weight is 183 g/mol. The Morgan fingerprint density at radius 3 is 2.92 bits per heavy atom. The molecule has 0 aromatic heterocycles. The Kier molecular flexibility index (Phi) is 3.67. The van der Waals surface area contributed by atoms with E-state index in [-0.39, 0.29) is 6.23 Å². The molecule has 1 saturated heterocycles. The summed E-state index contributed by atoms with van der Waals surface area (Å²) in [6.45, 7) is 8.26. The van der Waals surface area contributed by atoms with Gasteiger partial charge >= 0.3 is 5.97 Å². The topological polar surface area (TPSA) is 47.6 Å². The van der Waals surface area contributed by atoms with Gasteiger partial charge in [0.1, 0.15) is 6.23 Å². The smallest absolute Gasteiger partial charge is 0.330 e. The molecule has 4 nitrogen and oxygen atoms in total. The lowest BCUT2D eigenvalue weighted by atomic mass is 10.3. The Morgan fingerprint density at radius 2 is 2.46 bits per heavy atom. The van der Waals surface area contributed by atoms with E-state index in [1.807, 2.05) is 0 Å². The molecule has 1 rings (SSSR count). The van der Waals surface area contributed by atoms with Gasteiger partial charge in [-0.3, -0.25) is 5.32 Å². The van der Waals surface area contributed by atoms with Crippen LogP contribution in [-0.2, 0) is 14.3 Å². The second-order valence-corrected chi connectivity index (χ2v) is 2.59. The summed E-state index contributed by atoms with van der Waals surface area (Å²) >= 11 is 0. The van der Waals surface area contributed by atoms with Crippen LogP contribution in [0.4, 0.5) is 0 Å². The molecule has 1 N–H and O–H groups in total. The van der Waals surface area contributed by atoms with Gasteiger partial charge in [-0.25, -0.2) is 4.79 Å². The quantitative estimate of drug-likeness (QED) is 0.384. The van der Waals surface area contributed by atoms with Crippen LogP contribution in [0.2, 0.25) is 0 Å². The molecule has 0 radical (unpaired) electrons. The second kappa shape index (κ2) is 4.79. The summed E-state index contributed by atoms with van der Waals surface area (Å²) in [4.78, 5) is 10.9. The van der Waals surface area contributed by atoms with Gasteiger partial charge in [-0.05, 0) is 6.08 Å². The van der Waals surface area contributed by atoms with Crippen molar-refractivity contribution >= 4 is 5.97 Å². The Labute approximate surface area is 77.2 Å². The number of carbonyl (C=O) groups is 1. The van der Waals surface area contributed by atoms with Crippen molar-refractivity contribution in [3.05, 3.63) is 25.3 Å². The number of hydrogen-bond acceptors (Lipinski definition) is 4. The first-order valence-electron chi connectivity index (χ1n) is 4.08. The van der Waals surface area contributed by atoms with Crippen LogP contribution in [0.25, 0.3) is 0 Å². The largest absolute Gasteiger partial charge is 0.451 e. The van der Waals surface area contributed by atoms with Crippen molar-refractivity contribution < 1.29 is 14.3 Å². The van der Waals surface area contributed by atoms with Gasteiger partial charge in [0.15, 0.2) is 6.10 Å². The van der Waals surface area contributed by atoms with Gasteiger partial charge in [-0.15, -0.1) is 0 Å². The molecule has 2 atom stereocenters. The molecule has 13 heavy (non-hydrogen) atoms. The molecular formula is C9H13NO3. The summed E-state index contributed by atoms with van der Waals surface area (Å²) in [5, 5.41) is 3.03. The van der Waals surface area contributed by atoms with Crippen LogP contribution in [0.15, 0.2) is 25.3 Å². The van der Waals surface area contributed by atoms with Gasteiger partial charge in [0.2, 0.25) is 0 Å². The lowest BCUT2D eigenvalue weighted by molar-refractivity contribution is -0.146. The number of ether oxygens (including phenoxy) is 2. The molecule has 72 valence electrons. The summed E-state index contributed by atoms with van der Waals surface area (Å²) in [6.07, 6.45) is 1.92. The predicted molar refractivity (Wildman–Crippen MR) is 48.0 cm³/mol. The summed E-state index contributed by atoms with van der Waals surface area (Å²) in [5.74, 6) is -0.470. The minimum Gasteiger partial charge on any atom is -0.451 e. The highest BCUT2D eigenvalue weighted by atomic mass is 16.6. The zero-order chi connectivity index (χ0) is 9.68. The van der Waals surface area contributed by atoms with Gasteiger partial charge in [-0.2, -0.15) is 0 Å². The van der Waals surface area contributed by atoms with E-state index in [0.717, 1.165) is 12.6 Å². The number of carbonyl (C=O) groups excluding carboxylic acids is 1. The average Bonchev–Trinajstić information content (AvgIpc) is 2.66. The molecular weight excluding hydrogens is 170 g/mol. The molecule has 0 aliphatic carbocycles. The molecule has 0 amide bonds. The zero-order valence-electron chi connectivity index (χ0n) is 7.36. The third-order valence-corrected chi connectivity index (χ3v) is 1.69. The number of rotatable bonds is 4. The fourth-order valence-electron chi connectivity index (χ4n) is 1.07. The van der Waals surface area contributed by atoms with Crippen LogP contribution < -0.4 is 5.32 Å². The molecule has 1 aliphatic rings. The highest BCUT2D eigenvalue weighted by Crippen LogP contribution is 2.07. The summed E-state index contributed by atoms with van der Waals surface area (Å²) in [7, 11) is 0. The van der Waals surface area contributed by atoms with E-state index in [0.29, 0.717) is 6.61 Å².